The Balaban J connectivity index is 0.00000288. The van der Waals surface area contributed by atoms with Crippen molar-refractivity contribution in [3.05, 3.63) is 29.8 Å². The minimum atomic E-state index is -4.72. The van der Waals surface area contributed by atoms with Crippen molar-refractivity contribution in [2.75, 3.05) is 7.05 Å². The SMILES string of the molecule is CN(Cc1cccc(OC(F)(F)F)c1)C(=O)C[C@@H]1CCC[C@H]1N.Cl. The fraction of sp³-hybridized carbons (Fsp3) is 0.562. The fourth-order valence-electron chi connectivity index (χ4n) is 2.90. The summed E-state index contributed by atoms with van der Waals surface area (Å²) in [5.41, 5.74) is 6.55. The highest BCUT2D eigenvalue weighted by atomic mass is 35.5. The Morgan fingerprint density at radius 2 is 2.08 bits per heavy atom. The number of ether oxygens (including phenoxy) is 1. The number of carbonyl (C=O) groups excluding carboxylic acids is 1. The summed E-state index contributed by atoms with van der Waals surface area (Å²) in [6, 6.07) is 5.72. The number of nitrogens with zero attached hydrogens (tertiary/aromatic N) is 1. The van der Waals surface area contributed by atoms with Crippen LogP contribution in [0.4, 0.5) is 13.2 Å². The van der Waals surface area contributed by atoms with Gasteiger partial charge in [0.25, 0.3) is 0 Å². The van der Waals surface area contributed by atoms with Gasteiger partial charge in [-0.25, -0.2) is 0 Å². The van der Waals surface area contributed by atoms with E-state index >= 15 is 0 Å². The quantitative estimate of drug-likeness (QED) is 0.868. The summed E-state index contributed by atoms with van der Waals surface area (Å²) in [4.78, 5) is 13.7. The number of rotatable bonds is 5. The van der Waals surface area contributed by atoms with E-state index in [2.05, 4.69) is 4.74 Å². The summed E-state index contributed by atoms with van der Waals surface area (Å²) in [7, 11) is 1.64. The number of carbonyl (C=O) groups is 1. The van der Waals surface area contributed by atoms with Gasteiger partial charge in [0.1, 0.15) is 5.75 Å². The molecule has 0 bridgehead atoms. The van der Waals surface area contributed by atoms with Gasteiger partial charge in [-0.1, -0.05) is 18.6 Å². The molecule has 1 aliphatic rings. The third-order valence-electron chi connectivity index (χ3n) is 4.13. The van der Waals surface area contributed by atoms with Gasteiger partial charge < -0.3 is 15.4 Å². The molecule has 1 aromatic carbocycles. The van der Waals surface area contributed by atoms with Gasteiger partial charge >= 0.3 is 6.36 Å². The lowest BCUT2D eigenvalue weighted by Crippen LogP contribution is -2.32. The topological polar surface area (TPSA) is 55.6 Å². The van der Waals surface area contributed by atoms with Crippen LogP contribution >= 0.6 is 12.4 Å². The molecule has 0 unspecified atom stereocenters. The molecule has 0 aliphatic heterocycles. The Kier molecular flexibility index (Phi) is 7.35. The Morgan fingerprint density at radius 1 is 1.38 bits per heavy atom. The molecule has 4 nitrogen and oxygen atoms in total. The molecule has 0 saturated heterocycles. The second-order valence-corrected chi connectivity index (χ2v) is 6.00. The minimum absolute atomic E-state index is 0. The first-order chi connectivity index (χ1) is 10.7. The Labute approximate surface area is 145 Å². The van der Waals surface area contributed by atoms with Gasteiger partial charge in [-0.2, -0.15) is 0 Å². The van der Waals surface area contributed by atoms with Crippen LogP contribution in [0.2, 0.25) is 0 Å². The van der Waals surface area contributed by atoms with Crippen molar-refractivity contribution in [2.24, 2.45) is 11.7 Å². The first kappa shape index (κ1) is 20.6. The van der Waals surface area contributed by atoms with Crippen molar-refractivity contribution in [1.29, 1.82) is 0 Å². The van der Waals surface area contributed by atoms with Crippen LogP contribution in [0.1, 0.15) is 31.2 Å². The normalized spacial score (nSPS) is 20.4. The largest absolute Gasteiger partial charge is 0.573 e. The predicted molar refractivity (Wildman–Crippen MR) is 86.8 cm³/mol. The van der Waals surface area contributed by atoms with Gasteiger partial charge in [-0.05, 0) is 36.5 Å². The van der Waals surface area contributed by atoms with E-state index < -0.39 is 6.36 Å². The van der Waals surface area contributed by atoms with Crippen molar-refractivity contribution in [2.45, 2.75) is 44.6 Å². The molecule has 1 fully saturated rings. The van der Waals surface area contributed by atoms with Crippen molar-refractivity contribution in [3.8, 4) is 5.75 Å². The van der Waals surface area contributed by atoms with Crippen LogP contribution in [0.15, 0.2) is 24.3 Å². The van der Waals surface area contributed by atoms with Crippen molar-refractivity contribution >= 4 is 18.3 Å². The molecule has 1 aromatic rings. The lowest BCUT2D eigenvalue weighted by Gasteiger charge is -2.21. The molecule has 2 rings (SSSR count). The van der Waals surface area contributed by atoms with Crippen molar-refractivity contribution in [1.82, 2.24) is 4.90 Å². The molecule has 8 heteroatoms. The van der Waals surface area contributed by atoms with E-state index in [1.54, 1.807) is 13.1 Å². The van der Waals surface area contributed by atoms with E-state index in [9.17, 15) is 18.0 Å². The maximum Gasteiger partial charge on any atom is 0.573 e. The molecular formula is C16H22ClF3N2O2. The zero-order chi connectivity index (χ0) is 17.0. The number of alkyl halides is 3. The highest BCUT2D eigenvalue weighted by molar-refractivity contribution is 5.85. The number of hydrogen-bond acceptors (Lipinski definition) is 3. The molecule has 2 N–H and O–H groups in total. The zero-order valence-corrected chi connectivity index (χ0v) is 14.2. The van der Waals surface area contributed by atoms with Gasteiger partial charge in [0.15, 0.2) is 0 Å². The number of halogens is 4. The molecule has 2 atom stereocenters. The Bertz CT molecular complexity index is 554. The summed E-state index contributed by atoms with van der Waals surface area (Å²) >= 11 is 0. The fourth-order valence-corrected chi connectivity index (χ4v) is 2.90. The highest BCUT2D eigenvalue weighted by Crippen LogP contribution is 2.28. The summed E-state index contributed by atoms with van der Waals surface area (Å²) < 4.78 is 40.6. The number of benzene rings is 1. The van der Waals surface area contributed by atoms with E-state index in [-0.39, 0.29) is 42.6 Å². The Morgan fingerprint density at radius 3 is 2.67 bits per heavy atom. The van der Waals surface area contributed by atoms with E-state index in [0.717, 1.165) is 19.3 Å². The van der Waals surface area contributed by atoms with E-state index in [1.807, 2.05) is 0 Å². The van der Waals surface area contributed by atoms with Gasteiger partial charge in [-0.15, -0.1) is 25.6 Å². The lowest BCUT2D eigenvalue weighted by atomic mass is 9.99. The molecular weight excluding hydrogens is 345 g/mol. The molecule has 0 spiro atoms. The molecule has 0 radical (unpaired) electrons. The second-order valence-electron chi connectivity index (χ2n) is 6.00. The maximum absolute atomic E-state index is 12.2. The van der Waals surface area contributed by atoms with Crippen LogP contribution in [0, 0.1) is 5.92 Å². The number of nitrogens with two attached hydrogens (primary N) is 1. The molecule has 1 saturated carbocycles. The van der Waals surface area contributed by atoms with Crippen LogP contribution in [-0.2, 0) is 11.3 Å². The average Bonchev–Trinajstić information content (AvgIpc) is 2.82. The standard InChI is InChI=1S/C16H21F3N2O2.ClH/c1-21(15(22)9-12-5-3-7-14(12)20)10-11-4-2-6-13(8-11)23-16(17,18)19;/h2,4,6,8,12,14H,3,5,7,9-10,20H2,1H3;1H/t12-,14+;/m0./s1. The zero-order valence-electron chi connectivity index (χ0n) is 13.4. The number of hydrogen-bond donors (Lipinski definition) is 1. The van der Waals surface area contributed by atoms with Crippen LogP contribution in [0.25, 0.3) is 0 Å². The Hall–Kier alpha value is -1.47. The van der Waals surface area contributed by atoms with Crippen molar-refractivity contribution in [3.63, 3.8) is 0 Å². The van der Waals surface area contributed by atoms with Gasteiger partial charge in [0.05, 0.1) is 0 Å². The van der Waals surface area contributed by atoms with Crippen LogP contribution in [-0.4, -0.2) is 30.3 Å². The van der Waals surface area contributed by atoms with Crippen LogP contribution < -0.4 is 10.5 Å². The smallest absolute Gasteiger partial charge is 0.406 e. The van der Waals surface area contributed by atoms with E-state index in [4.69, 9.17) is 5.73 Å². The number of amides is 1. The summed E-state index contributed by atoms with van der Waals surface area (Å²) in [6.45, 7) is 0.232. The molecule has 0 aromatic heterocycles. The van der Waals surface area contributed by atoms with E-state index in [1.165, 1.54) is 23.1 Å². The summed E-state index contributed by atoms with van der Waals surface area (Å²) in [5.74, 6) is -0.131. The van der Waals surface area contributed by atoms with Crippen molar-refractivity contribution < 1.29 is 22.7 Å². The lowest BCUT2D eigenvalue weighted by molar-refractivity contribution is -0.274. The molecule has 1 amide bonds. The minimum Gasteiger partial charge on any atom is -0.406 e. The maximum atomic E-state index is 12.2. The third kappa shape index (κ3) is 6.20. The summed E-state index contributed by atoms with van der Waals surface area (Å²) in [5, 5.41) is 0. The van der Waals surface area contributed by atoms with E-state index in [0.29, 0.717) is 12.0 Å². The van der Waals surface area contributed by atoms with Gasteiger partial charge in [0, 0.05) is 26.1 Å². The predicted octanol–water partition coefficient (Wildman–Crippen LogP) is 3.48. The molecule has 1 aliphatic carbocycles. The van der Waals surface area contributed by atoms with Gasteiger partial charge in [0.2, 0.25) is 5.91 Å². The average molecular weight is 367 g/mol. The van der Waals surface area contributed by atoms with Crippen LogP contribution in [0.3, 0.4) is 0 Å². The molecule has 136 valence electrons. The first-order valence-electron chi connectivity index (χ1n) is 7.59. The van der Waals surface area contributed by atoms with Gasteiger partial charge in [-0.3, -0.25) is 4.79 Å². The highest BCUT2D eigenvalue weighted by Gasteiger charge is 2.31. The monoisotopic (exact) mass is 366 g/mol. The second kappa shape index (κ2) is 8.58. The molecule has 24 heavy (non-hydrogen) atoms. The molecule has 0 heterocycles. The first-order valence-corrected chi connectivity index (χ1v) is 7.59. The summed E-state index contributed by atoms with van der Waals surface area (Å²) in [6.07, 6.45) is -1.40. The third-order valence-corrected chi connectivity index (χ3v) is 4.13. The van der Waals surface area contributed by atoms with Crippen LogP contribution in [0.5, 0.6) is 5.75 Å².